The molecule has 0 bridgehead atoms. The molecule has 3 rings (SSSR count). The minimum atomic E-state index is -1.15. The van der Waals surface area contributed by atoms with Crippen LogP contribution >= 0.6 is 0 Å². The van der Waals surface area contributed by atoms with E-state index >= 15 is 0 Å². The predicted molar refractivity (Wildman–Crippen MR) is 115 cm³/mol. The van der Waals surface area contributed by atoms with E-state index in [1.165, 1.54) is 0 Å². The van der Waals surface area contributed by atoms with Gasteiger partial charge in [-0.25, -0.2) is 4.79 Å². The molecule has 1 aliphatic heterocycles. The number of anilines is 1. The second-order valence-electron chi connectivity index (χ2n) is 7.65. The summed E-state index contributed by atoms with van der Waals surface area (Å²) in [4.78, 5) is 39.2. The third-order valence-corrected chi connectivity index (χ3v) is 5.39. The van der Waals surface area contributed by atoms with Crippen LogP contribution in [0.25, 0.3) is 0 Å². The summed E-state index contributed by atoms with van der Waals surface area (Å²) < 4.78 is 5.35. The van der Waals surface area contributed by atoms with Gasteiger partial charge in [0.25, 0.3) is 5.91 Å². The molecule has 4 amide bonds. The highest BCUT2D eigenvalue weighted by Crippen LogP contribution is 2.27. The van der Waals surface area contributed by atoms with Crippen LogP contribution in [0.15, 0.2) is 42.5 Å². The molecule has 1 heterocycles. The van der Waals surface area contributed by atoms with E-state index in [1.807, 2.05) is 50.2 Å². The van der Waals surface area contributed by atoms with Gasteiger partial charge in [0.05, 0.1) is 7.11 Å². The number of benzene rings is 2. The molecule has 0 aromatic heterocycles. The number of ether oxygens (including phenoxy) is 1. The number of amides is 4. The molecule has 158 valence electrons. The first-order valence-electron chi connectivity index (χ1n) is 9.93. The molecule has 0 unspecified atom stereocenters. The molecule has 7 heteroatoms. The normalized spacial score (nSPS) is 18.3. The molecule has 1 saturated heterocycles. The average molecular weight is 409 g/mol. The van der Waals surface area contributed by atoms with E-state index in [2.05, 4.69) is 10.6 Å². The first-order chi connectivity index (χ1) is 14.3. The second kappa shape index (κ2) is 8.57. The summed E-state index contributed by atoms with van der Waals surface area (Å²) in [5, 5.41) is 5.60. The Morgan fingerprint density at radius 3 is 2.53 bits per heavy atom. The fourth-order valence-corrected chi connectivity index (χ4v) is 3.76. The van der Waals surface area contributed by atoms with Crippen LogP contribution in [0.1, 0.15) is 30.5 Å². The van der Waals surface area contributed by atoms with Crippen LogP contribution in [0, 0.1) is 6.92 Å². The van der Waals surface area contributed by atoms with Crippen LogP contribution in [0.5, 0.6) is 5.75 Å². The summed E-state index contributed by atoms with van der Waals surface area (Å²) in [5.41, 5.74) is 2.31. The molecule has 0 aliphatic carbocycles. The summed E-state index contributed by atoms with van der Waals surface area (Å²) in [6.07, 6.45) is 1.02. The van der Waals surface area contributed by atoms with Gasteiger partial charge in [-0.2, -0.15) is 0 Å². The lowest BCUT2D eigenvalue weighted by atomic mass is 9.92. The van der Waals surface area contributed by atoms with Crippen molar-refractivity contribution in [3.63, 3.8) is 0 Å². The average Bonchev–Trinajstić information content (AvgIpc) is 2.92. The number of nitrogens with one attached hydrogen (secondary N) is 2. The number of nitrogens with zero attached hydrogens (tertiary/aromatic N) is 1. The number of para-hydroxylation sites is 2. The van der Waals surface area contributed by atoms with Crippen molar-refractivity contribution in [3.8, 4) is 5.75 Å². The van der Waals surface area contributed by atoms with Crippen molar-refractivity contribution < 1.29 is 19.1 Å². The lowest BCUT2D eigenvalue weighted by molar-refractivity contribution is -0.133. The summed E-state index contributed by atoms with van der Waals surface area (Å²) in [7, 11) is 1.56. The molecule has 1 aliphatic rings. The fraction of sp³-hybridized carbons (Fsp3) is 0.348. The van der Waals surface area contributed by atoms with Gasteiger partial charge >= 0.3 is 6.03 Å². The molecule has 7 nitrogen and oxygen atoms in total. The number of hydrogen-bond donors (Lipinski definition) is 2. The molecule has 0 saturated carbocycles. The molecule has 2 aromatic rings. The molecule has 0 radical (unpaired) electrons. The Morgan fingerprint density at radius 2 is 1.83 bits per heavy atom. The van der Waals surface area contributed by atoms with E-state index in [9.17, 15) is 14.4 Å². The zero-order valence-corrected chi connectivity index (χ0v) is 17.7. The summed E-state index contributed by atoms with van der Waals surface area (Å²) in [5.74, 6) is -0.207. The third kappa shape index (κ3) is 4.15. The molecule has 1 fully saturated rings. The van der Waals surface area contributed by atoms with Crippen LogP contribution in [-0.2, 0) is 22.4 Å². The van der Waals surface area contributed by atoms with Gasteiger partial charge in [-0.05, 0) is 43.0 Å². The first-order valence-corrected chi connectivity index (χ1v) is 9.93. The van der Waals surface area contributed by atoms with Gasteiger partial charge in [-0.15, -0.1) is 0 Å². The fourth-order valence-electron chi connectivity index (χ4n) is 3.76. The van der Waals surface area contributed by atoms with Gasteiger partial charge in [0.2, 0.25) is 5.91 Å². The quantitative estimate of drug-likeness (QED) is 0.688. The number of imide groups is 1. The van der Waals surface area contributed by atoms with Crippen molar-refractivity contribution in [2.24, 2.45) is 0 Å². The number of carbonyl (C=O) groups is 3. The van der Waals surface area contributed by atoms with Crippen molar-refractivity contribution in [1.82, 2.24) is 10.2 Å². The van der Waals surface area contributed by atoms with E-state index in [0.717, 1.165) is 33.7 Å². The van der Waals surface area contributed by atoms with Gasteiger partial charge in [0, 0.05) is 12.1 Å². The van der Waals surface area contributed by atoms with Crippen molar-refractivity contribution in [2.45, 2.75) is 39.2 Å². The van der Waals surface area contributed by atoms with Crippen molar-refractivity contribution in [1.29, 1.82) is 0 Å². The smallest absolute Gasteiger partial charge is 0.325 e. The Morgan fingerprint density at radius 1 is 1.13 bits per heavy atom. The van der Waals surface area contributed by atoms with Crippen LogP contribution in [-0.4, -0.2) is 41.9 Å². The standard InChI is InChI=1S/C23H27N3O4/c1-5-16-11-8-9-15(2)20(16)24-19(27)14-26-21(28)23(3,25-22(26)29)13-17-10-6-7-12-18(17)30-4/h6-12H,5,13-14H2,1-4H3,(H,24,27)(H,25,29)/t23-/m0/s1. The van der Waals surface area contributed by atoms with Crippen molar-refractivity contribution in [2.75, 3.05) is 19.0 Å². The van der Waals surface area contributed by atoms with E-state index in [1.54, 1.807) is 20.1 Å². The maximum atomic E-state index is 13.0. The number of hydrogen-bond acceptors (Lipinski definition) is 4. The van der Waals surface area contributed by atoms with Crippen LogP contribution in [0.2, 0.25) is 0 Å². The van der Waals surface area contributed by atoms with Gasteiger partial charge in [0.1, 0.15) is 17.8 Å². The Bertz CT molecular complexity index is 988. The zero-order chi connectivity index (χ0) is 21.9. The van der Waals surface area contributed by atoms with Crippen LogP contribution in [0.3, 0.4) is 0 Å². The molecular weight excluding hydrogens is 382 g/mol. The number of carbonyl (C=O) groups excluding carboxylic acids is 3. The van der Waals surface area contributed by atoms with Gasteiger partial charge < -0.3 is 15.4 Å². The summed E-state index contributed by atoms with van der Waals surface area (Å²) in [6.45, 7) is 5.23. The maximum absolute atomic E-state index is 13.0. The Balaban J connectivity index is 1.74. The van der Waals surface area contributed by atoms with Gasteiger partial charge in [-0.3, -0.25) is 14.5 Å². The Kier molecular flexibility index (Phi) is 6.10. The van der Waals surface area contributed by atoms with Crippen molar-refractivity contribution in [3.05, 3.63) is 59.2 Å². The number of aryl methyl sites for hydroxylation is 2. The highest BCUT2D eigenvalue weighted by atomic mass is 16.5. The zero-order valence-electron chi connectivity index (χ0n) is 17.7. The summed E-state index contributed by atoms with van der Waals surface area (Å²) in [6, 6.07) is 12.6. The molecular formula is C23H27N3O4. The Hall–Kier alpha value is -3.35. The maximum Gasteiger partial charge on any atom is 0.325 e. The number of methoxy groups -OCH3 is 1. The largest absolute Gasteiger partial charge is 0.496 e. The lowest BCUT2D eigenvalue weighted by Crippen LogP contribution is -2.46. The van der Waals surface area contributed by atoms with Crippen LogP contribution < -0.4 is 15.4 Å². The third-order valence-electron chi connectivity index (χ3n) is 5.39. The highest BCUT2D eigenvalue weighted by Gasteiger charge is 2.48. The molecule has 1 atom stereocenters. The van der Waals surface area contributed by atoms with Crippen molar-refractivity contribution >= 4 is 23.5 Å². The van der Waals surface area contributed by atoms with Gasteiger partial charge in [-0.1, -0.05) is 43.3 Å². The monoisotopic (exact) mass is 409 g/mol. The number of rotatable bonds is 7. The molecule has 2 N–H and O–H groups in total. The lowest BCUT2D eigenvalue weighted by Gasteiger charge is -2.23. The minimum absolute atomic E-state index is 0.261. The van der Waals surface area contributed by atoms with Gasteiger partial charge in [0.15, 0.2) is 0 Å². The SMILES string of the molecule is CCc1cccc(C)c1NC(=O)CN1C(=O)N[C@@](C)(Cc2ccccc2OC)C1=O. The van der Waals surface area contributed by atoms with E-state index in [-0.39, 0.29) is 13.0 Å². The summed E-state index contributed by atoms with van der Waals surface area (Å²) >= 11 is 0. The topological polar surface area (TPSA) is 87.7 Å². The van der Waals surface area contributed by atoms with E-state index in [4.69, 9.17) is 4.74 Å². The van der Waals surface area contributed by atoms with E-state index in [0.29, 0.717) is 5.75 Å². The highest BCUT2D eigenvalue weighted by molar-refractivity contribution is 6.10. The number of urea groups is 1. The first kappa shape index (κ1) is 21.4. The van der Waals surface area contributed by atoms with E-state index < -0.39 is 23.4 Å². The molecule has 2 aromatic carbocycles. The second-order valence-corrected chi connectivity index (χ2v) is 7.65. The molecule has 0 spiro atoms. The molecule has 30 heavy (non-hydrogen) atoms. The Labute approximate surface area is 176 Å². The van der Waals surface area contributed by atoms with Crippen LogP contribution in [0.4, 0.5) is 10.5 Å². The predicted octanol–water partition coefficient (Wildman–Crippen LogP) is 3.06. The minimum Gasteiger partial charge on any atom is -0.496 e.